The van der Waals surface area contributed by atoms with E-state index in [0.717, 1.165) is 0 Å². The van der Waals surface area contributed by atoms with Crippen LogP contribution < -0.4 is 15.6 Å². The van der Waals surface area contributed by atoms with Gasteiger partial charge in [-0.15, -0.1) is 0 Å². The number of hydrogen-bond donors (Lipinski definition) is 1. The smallest absolute Gasteiger partial charge is 0.253 e. The van der Waals surface area contributed by atoms with Crippen LogP contribution in [-0.2, 0) is 13.1 Å². The molecule has 0 unspecified atom stereocenters. The largest absolute Gasteiger partial charge is 0.492 e. The molecule has 0 radical (unpaired) electrons. The van der Waals surface area contributed by atoms with E-state index >= 15 is 0 Å². The maximum absolute atomic E-state index is 13.2. The fraction of sp³-hybridized carbons (Fsp3) is 0.143. The molecule has 2 aromatic carbocycles. The summed E-state index contributed by atoms with van der Waals surface area (Å²) < 4.78 is 20.2. The number of carbonyl (C=O) groups is 1. The Morgan fingerprint density at radius 1 is 1.11 bits per heavy atom. The molecule has 0 bridgehead atoms. The lowest BCUT2D eigenvalue weighted by Gasteiger charge is -2.10. The average Bonchev–Trinajstić information content (AvgIpc) is 2.69. The highest BCUT2D eigenvalue weighted by molar-refractivity contribution is 6.30. The van der Waals surface area contributed by atoms with Crippen molar-refractivity contribution < 1.29 is 13.9 Å². The Balaban J connectivity index is 1.59. The molecular formula is C21H18ClFN2O3. The Morgan fingerprint density at radius 3 is 2.64 bits per heavy atom. The first-order chi connectivity index (χ1) is 13.5. The van der Waals surface area contributed by atoms with Gasteiger partial charge in [0.1, 0.15) is 18.2 Å². The lowest BCUT2D eigenvalue weighted by molar-refractivity contribution is 0.0950. The number of carbonyl (C=O) groups excluding carboxylic acids is 1. The van der Waals surface area contributed by atoms with Gasteiger partial charge in [0.05, 0.1) is 12.1 Å². The SMILES string of the molecule is O=C(NCc1cccc(F)c1)c1ccc(=O)n(CCOc2ccc(Cl)cc2)c1. The summed E-state index contributed by atoms with van der Waals surface area (Å²) in [5, 5.41) is 3.32. The molecule has 5 nitrogen and oxygen atoms in total. The minimum absolute atomic E-state index is 0.190. The number of hydrogen-bond acceptors (Lipinski definition) is 3. The van der Waals surface area contributed by atoms with Crippen LogP contribution in [0.25, 0.3) is 0 Å². The van der Waals surface area contributed by atoms with Crippen LogP contribution >= 0.6 is 11.6 Å². The highest BCUT2D eigenvalue weighted by Crippen LogP contribution is 2.15. The normalized spacial score (nSPS) is 10.5. The van der Waals surface area contributed by atoms with Gasteiger partial charge < -0.3 is 14.6 Å². The first-order valence-corrected chi connectivity index (χ1v) is 9.00. The summed E-state index contributed by atoms with van der Waals surface area (Å²) in [7, 11) is 0. The second-order valence-corrected chi connectivity index (χ2v) is 6.50. The highest BCUT2D eigenvalue weighted by atomic mass is 35.5. The Kier molecular flexibility index (Phi) is 6.45. The van der Waals surface area contributed by atoms with Crippen LogP contribution in [0.5, 0.6) is 5.75 Å². The Bertz CT molecular complexity index is 1020. The van der Waals surface area contributed by atoms with Gasteiger partial charge in [0.25, 0.3) is 11.5 Å². The molecule has 0 spiro atoms. The number of amides is 1. The van der Waals surface area contributed by atoms with Crippen LogP contribution in [0.15, 0.2) is 71.7 Å². The van der Waals surface area contributed by atoms with Crippen LogP contribution in [0.3, 0.4) is 0 Å². The summed E-state index contributed by atoms with van der Waals surface area (Å²) in [6, 6.07) is 15.7. The molecule has 0 fully saturated rings. The number of benzene rings is 2. The molecule has 1 aromatic heterocycles. The summed E-state index contributed by atoms with van der Waals surface area (Å²) in [4.78, 5) is 24.3. The van der Waals surface area contributed by atoms with Crippen LogP contribution in [0.4, 0.5) is 4.39 Å². The summed E-state index contributed by atoms with van der Waals surface area (Å²) in [6.07, 6.45) is 1.48. The Morgan fingerprint density at radius 2 is 1.89 bits per heavy atom. The summed E-state index contributed by atoms with van der Waals surface area (Å²) in [6.45, 7) is 0.734. The third kappa shape index (κ3) is 5.44. The molecule has 1 N–H and O–H groups in total. The van der Waals surface area contributed by atoms with E-state index in [1.807, 2.05) is 0 Å². The number of ether oxygens (including phenoxy) is 1. The molecule has 0 saturated heterocycles. The number of aromatic nitrogens is 1. The monoisotopic (exact) mass is 400 g/mol. The number of nitrogens with one attached hydrogen (secondary N) is 1. The summed E-state index contributed by atoms with van der Waals surface area (Å²) in [5.74, 6) is -0.0703. The van der Waals surface area contributed by atoms with E-state index in [4.69, 9.17) is 16.3 Å². The van der Waals surface area contributed by atoms with Crippen molar-refractivity contribution in [3.8, 4) is 5.75 Å². The highest BCUT2D eigenvalue weighted by Gasteiger charge is 2.08. The predicted octanol–water partition coefficient (Wildman–Crippen LogP) is 3.65. The van der Waals surface area contributed by atoms with Crippen LogP contribution in [0.1, 0.15) is 15.9 Å². The third-order valence-corrected chi connectivity index (χ3v) is 4.25. The van der Waals surface area contributed by atoms with Crippen molar-refractivity contribution in [3.05, 3.63) is 99.2 Å². The maximum Gasteiger partial charge on any atom is 0.253 e. The van der Waals surface area contributed by atoms with E-state index in [9.17, 15) is 14.0 Å². The van der Waals surface area contributed by atoms with Crippen molar-refractivity contribution in [2.24, 2.45) is 0 Å². The quantitative estimate of drug-likeness (QED) is 0.658. The van der Waals surface area contributed by atoms with Gasteiger partial charge in [-0.25, -0.2) is 4.39 Å². The van der Waals surface area contributed by atoms with E-state index in [1.165, 1.54) is 35.0 Å². The minimum Gasteiger partial charge on any atom is -0.492 e. The molecule has 3 rings (SSSR count). The van der Waals surface area contributed by atoms with Crippen LogP contribution in [0.2, 0.25) is 5.02 Å². The molecule has 7 heteroatoms. The first kappa shape index (κ1) is 19.6. The Labute approximate surface area is 166 Å². The second kappa shape index (κ2) is 9.19. The fourth-order valence-corrected chi connectivity index (χ4v) is 2.69. The molecule has 0 saturated carbocycles. The van der Waals surface area contributed by atoms with Gasteiger partial charge in [-0.1, -0.05) is 23.7 Å². The predicted molar refractivity (Wildman–Crippen MR) is 105 cm³/mol. The lowest BCUT2D eigenvalue weighted by atomic mass is 10.2. The minimum atomic E-state index is -0.360. The van der Waals surface area contributed by atoms with Crippen molar-refractivity contribution >= 4 is 17.5 Å². The number of pyridine rings is 1. The third-order valence-electron chi connectivity index (χ3n) is 4.00. The zero-order valence-corrected chi connectivity index (χ0v) is 15.7. The van der Waals surface area contributed by atoms with Gasteiger partial charge in [0.15, 0.2) is 0 Å². The van der Waals surface area contributed by atoms with E-state index in [0.29, 0.717) is 21.9 Å². The van der Waals surface area contributed by atoms with E-state index in [1.54, 1.807) is 36.4 Å². The molecular weight excluding hydrogens is 383 g/mol. The van der Waals surface area contributed by atoms with Gasteiger partial charge in [-0.05, 0) is 48.0 Å². The Hall–Kier alpha value is -3.12. The zero-order valence-electron chi connectivity index (χ0n) is 14.9. The van der Waals surface area contributed by atoms with Gasteiger partial charge >= 0.3 is 0 Å². The van der Waals surface area contributed by atoms with Crippen molar-refractivity contribution in [2.45, 2.75) is 13.1 Å². The molecule has 144 valence electrons. The van der Waals surface area contributed by atoms with E-state index in [-0.39, 0.29) is 37.0 Å². The summed E-state index contributed by atoms with van der Waals surface area (Å²) in [5.41, 5.74) is 0.752. The summed E-state index contributed by atoms with van der Waals surface area (Å²) >= 11 is 5.82. The van der Waals surface area contributed by atoms with Crippen molar-refractivity contribution in [2.75, 3.05) is 6.61 Å². The first-order valence-electron chi connectivity index (χ1n) is 8.63. The lowest BCUT2D eigenvalue weighted by Crippen LogP contribution is -2.27. The van der Waals surface area contributed by atoms with Gasteiger partial charge in [-0.2, -0.15) is 0 Å². The van der Waals surface area contributed by atoms with Gasteiger partial charge in [0, 0.05) is 23.8 Å². The van der Waals surface area contributed by atoms with Gasteiger partial charge in [0.2, 0.25) is 0 Å². The van der Waals surface area contributed by atoms with Gasteiger partial charge in [-0.3, -0.25) is 9.59 Å². The van der Waals surface area contributed by atoms with E-state index in [2.05, 4.69) is 5.32 Å². The maximum atomic E-state index is 13.2. The molecule has 0 aliphatic rings. The van der Waals surface area contributed by atoms with E-state index < -0.39 is 0 Å². The van der Waals surface area contributed by atoms with Crippen molar-refractivity contribution in [1.82, 2.24) is 9.88 Å². The number of nitrogens with zero attached hydrogens (tertiary/aromatic N) is 1. The molecule has 28 heavy (non-hydrogen) atoms. The standard InChI is InChI=1S/C21H18ClFN2O3/c22-17-5-7-19(8-6-17)28-11-10-25-14-16(4-9-20(25)26)21(27)24-13-15-2-1-3-18(23)12-15/h1-9,12,14H,10-11,13H2,(H,24,27). The molecule has 0 aliphatic carbocycles. The molecule has 1 amide bonds. The average molecular weight is 401 g/mol. The molecule has 3 aromatic rings. The number of halogens is 2. The zero-order chi connectivity index (χ0) is 19.9. The molecule has 0 atom stereocenters. The molecule has 0 aliphatic heterocycles. The topological polar surface area (TPSA) is 60.3 Å². The van der Waals surface area contributed by atoms with Crippen LogP contribution in [-0.4, -0.2) is 17.1 Å². The van der Waals surface area contributed by atoms with Crippen LogP contribution in [0, 0.1) is 5.82 Å². The van der Waals surface area contributed by atoms with Crippen molar-refractivity contribution in [1.29, 1.82) is 0 Å². The fourth-order valence-electron chi connectivity index (χ4n) is 2.56. The van der Waals surface area contributed by atoms with Crippen molar-refractivity contribution in [3.63, 3.8) is 0 Å². The number of rotatable bonds is 7. The molecule has 1 heterocycles. The second-order valence-electron chi connectivity index (χ2n) is 6.06.